The van der Waals surface area contributed by atoms with E-state index in [2.05, 4.69) is 75.0 Å². The number of hydrogen-bond donors (Lipinski definition) is 0. The fourth-order valence-corrected chi connectivity index (χ4v) is 3.37. The Kier molecular flexibility index (Phi) is 4.57. The van der Waals surface area contributed by atoms with Crippen molar-refractivity contribution in [2.75, 3.05) is 0 Å². The molecule has 0 N–H and O–H groups in total. The van der Waals surface area contributed by atoms with Crippen LogP contribution in [0.4, 0.5) is 0 Å². The van der Waals surface area contributed by atoms with E-state index < -0.39 is 0 Å². The molecule has 0 spiro atoms. The molecular weight excluding hydrogens is 419 g/mol. The van der Waals surface area contributed by atoms with E-state index in [1.54, 1.807) is 0 Å². The zero-order valence-electron chi connectivity index (χ0n) is 13.4. The minimum atomic E-state index is 0.965. The van der Waals surface area contributed by atoms with Crippen LogP contribution in [0.5, 0.6) is 0 Å². The summed E-state index contributed by atoms with van der Waals surface area (Å²) in [6.07, 6.45) is 3.65. The maximum Gasteiger partial charge on any atom is 0.0702 e. The quantitative estimate of drug-likeness (QED) is 0.365. The highest BCUT2D eigenvalue weighted by molar-refractivity contribution is 14.1. The number of rotatable bonds is 3. The first-order valence-electron chi connectivity index (χ1n) is 8.03. The second-order valence-corrected chi connectivity index (χ2v) is 6.98. The Morgan fingerprint density at radius 1 is 0.520 bits per heavy atom. The summed E-state index contributed by atoms with van der Waals surface area (Å²) in [7, 11) is 0. The van der Waals surface area contributed by atoms with Crippen LogP contribution in [0.2, 0.25) is 0 Å². The lowest BCUT2D eigenvalue weighted by Gasteiger charge is -2.10. The number of hydrogen-bond acceptors (Lipinski definition) is 2. The second-order valence-electron chi connectivity index (χ2n) is 5.74. The normalized spacial score (nSPS) is 10.6. The van der Waals surface area contributed by atoms with Gasteiger partial charge in [-0.2, -0.15) is 0 Å². The standard InChI is InChI=1S/C22H15IN2/c23-20-7-5-6-16(15-20)17-12-18(21-8-1-3-10-24-21)14-19(13-17)22-9-2-4-11-25-22/h1-15H. The van der Waals surface area contributed by atoms with E-state index in [1.165, 1.54) is 14.7 Å². The predicted octanol–water partition coefficient (Wildman–Crippen LogP) is 6.08. The summed E-state index contributed by atoms with van der Waals surface area (Å²) in [5.41, 5.74) is 6.48. The molecule has 0 unspecified atom stereocenters. The lowest BCUT2D eigenvalue weighted by atomic mass is 9.96. The number of nitrogens with zero attached hydrogens (tertiary/aromatic N) is 2. The Labute approximate surface area is 160 Å². The summed E-state index contributed by atoms with van der Waals surface area (Å²) in [4.78, 5) is 9.03. The maximum absolute atomic E-state index is 4.51. The van der Waals surface area contributed by atoms with Crippen LogP contribution < -0.4 is 0 Å². The van der Waals surface area contributed by atoms with E-state index in [0.717, 1.165) is 22.5 Å². The van der Waals surface area contributed by atoms with Gasteiger partial charge in [0.25, 0.3) is 0 Å². The Balaban J connectivity index is 1.92. The second kappa shape index (κ2) is 7.15. The molecule has 0 aliphatic rings. The van der Waals surface area contributed by atoms with Crippen molar-refractivity contribution in [3.63, 3.8) is 0 Å². The minimum Gasteiger partial charge on any atom is -0.256 e. The van der Waals surface area contributed by atoms with Crippen molar-refractivity contribution in [1.82, 2.24) is 9.97 Å². The van der Waals surface area contributed by atoms with Crippen molar-refractivity contribution in [1.29, 1.82) is 0 Å². The number of aromatic nitrogens is 2. The molecule has 0 aliphatic carbocycles. The molecule has 2 aromatic carbocycles. The molecule has 0 bridgehead atoms. The van der Waals surface area contributed by atoms with E-state index in [4.69, 9.17) is 0 Å². The zero-order valence-corrected chi connectivity index (χ0v) is 15.6. The van der Waals surface area contributed by atoms with Crippen molar-refractivity contribution in [3.05, 3.63) is 94.8 Å². The van der Waals surface area contributed by atoms with E-state index in [-0.39, 0.29) is 0 Å². The van der Waals surface area contributed by atoms with Crippen LogP contribution in [0.25, 0.3) is 33.6 Å². The Bertz CT molecular complexity index is 941. The van der Waals surface area contributed by atoms with Crippen molar-refractivity contribution in [2.24, 2.45) is 0 Å². The maximum atomic E-state index is 4.51. The number of pyridine rings is 2. The summed E-state index contributed by atoms with van der Waals surface area (Å²) in [6.45, 7) is 0. The summed E-state index contributed by atoms with van der Waals surface area (Å²) in [6, 6.07) is 27.1. The van der Waals surface area contributed by atoms with Gasteiger partial charge >= 0.3 is 0 Å². The van der Waals surface area contributed by atoms with Crippen molar-refractivity contribution >= 4 is 22.6 Å². The Morgan fingerprint density at radius 3 is 1.64 bits per heavy atom. The van der Waals surface area contributed by atoms with Gasteiger partial charge < -0.3 is 0 Å². The van der Waals surface area contributed by atoms with Gasteiger partial charge in [0.15, 0.2) is 0 Å². The minimum absolute atomic E-state index is 0.965. The summed E-state index contributed by atoms with van der Waals surface area (Å²) in [5.74, 6) is 0. The molecular formula is C22H15IN2. The highest BCUT2D eigenvalue weighted by atomic mass is 127. The van der Waals surface area contributed by atoms with Crippen LogP contribution in [0.3, 0.4) is 0 Å². The van der Waals surface area contributed by atoms with Gasteiger partial charge in [-0.25, -0.2) is 0 Å². The molecule has 0 aliphatic heterocycles. The van der Waals surface area contributed by atoms with E-state index in [1.807, 2.05) is 48.8 Å². The van der Waals surface area contributed by atoms with Gasteiger partial charge in [0.1, 0.15) is 0 Å². The average molecular weight is 434 g/mol. The summed E-state index contributed by atoms with van der Waals surface area (Å²) in [5, 5.41) is 0. The third-order valence-electron chi connectivity index (χ3n) is 4.01. The summed E-state index contributed by atoms with van der Waals surface area (Å²) < 4.78 is 1.22. The van der Waals surface area contributed by atoms with Crippen LogP contribution >= 0.6 is 22.6 Å². The highest BCUT2D eigenvalue weighted by Gasteiger charge is 2.08. The molecule has 0 saturated carbocycles. The molecule has 2 nitrogen and oxygen atoms in total. The lowest BCUT2D eigenvalue weighted by Crippen LogP contribution is -1.89. The summed E-state index contributed by atoms with van der Waals surface area (Å²) >= 11 is 2.35. The molecule has 2 heterocycles. The molecule has 120 valence electrons. The van der Waals surface area contributed by atoms with Crippen LogP contribution in [-0.4, -0.2) is 9.97 Å². The van der Waals surface area contributed by atoms with Gasteiger partial charge in [0.2, 0.25) is 0 Å². The molecule has 4 rings (SSSR count). The first-order chi connectivity index (χ1) is 12.3. The van der Waals surface area contributed by atoms with Gasteiger partial charge in [-0.15, -0.1) is 0 Å². The molecule has 0 fully saturated rings. The Hall–Kier alpha value is -2.53. The van der Waals surface area contributed by atoms with Crippen LogP contribution in [-0.2, 0) is 0 Å². The first kappa shape index (κ1) is 16.0. The van der Waals surface area contributed by atoms with Gasteiger partial charge in [-0.1, -0.05) is 24.3 Å². The molecule has 0 radical (unpaired) electrons. The molecule has 25 heavy (non-hydrogen) atoms. The topological polar surface area (TPSA) is 25.8 Å². The number of benzene rings is 2. The predicted molar refractivity (Wildman–Crippen MR) is 111 cm³/mol. The van der Waals surface area contributed by atoms with Crippen molar-refractivity contribution in [2.45, 2.75) is 0 Å². The van der Waals surface area contributed by atoms with E-state index in [0.29, 0.717) is 0 Å². The molecule has 0 saturated heterocycles. The van der Waals surface area contributed by atoms with Crippen LogP contribution in [0.1, 0.15) is 0 Å². The number of halogens is 1. The van der Waals surface area contributed by atoms with Gasteiger partial charge in [-0.3, -0.25) is 9.97 Å². The Morgan fingerprint density at radius 2 is 1.12 bits per heavy atom. The molecule has 0 amide bonds. The largest absolute Gasteiger partial charge is 0.256 e. The zero-order chi connectivity index (χ0) is 17.1. The van der Waals surface area contributed by atoms with Gasteiger partial charge in [0.05, 0.1) is 11.4 Å². The molecule has 2 aromatic heterocycles. The van der Waals surface area contributed by atoms with Gasteiger partial charge in [-0.05, 0) is 88.3 Å². The smallest absolute Gasteiger partial charge is 0.0702 e. The third-order valence-corrected chi connectivity index (χ3v) is 4.68. The SMILES string of the molecule is Ic1cccc(-c2cc(-c3ccccn3)cc(-c3ccccn3)c2)c1. The molecule has 0 atom stereocenters. The van der Waals surface area contributed by atoms with E-state index >= 15 is 0 Å². The fraction of sp³-hybridized carbons (Fsp3) is 0. The highest BCUT2D eigenvalue weighted by Crippen LogP contribution is 2.31. The molecule has 3 heteroatoms. The monoisotopic (exact) mass is 434 g/mol. The fourth-order valence-electron chi connectivity index (χ4n) is 2.83. The molecule has 4 aromatic rings. The lowest BCUT2D eigenvalue weighted by molar-refractivity contribution is 1.31. The van der Waals surface area contributed by atoms with Crippen molar-refractivity contribution in [3.8, 4) is 33.6 Å². The van der Waals surface area contributed by atoms with Crippen LogP contribution in [0, 0.1) is 3.57 Å². The van der Waals surface area contributed by atoms with Gasteiger partial charge in [0, 0.05) is 27.1 Å². The first-order valence-corrected chi connectivity index (χ1v) is 9.11. The van der Waals surface area contributed by atoms with E-state index in [9.17, 15) is 0 Å². The third kappa shape index (κ3) is 3.61. The van der Waals surface area contributed by atoms with Crippen molar-refractivity contribution < 1.29 is 0 Å². The van der Waals surface area contributed by atoms with Crippen LogP contribution in [0.15, 0.2) is 91.3 Å². The average Bonchev–Trinajstić information content (AvgIpc) is 2.69.